The fourth-order valence-corrected chi connectivity index (χ4v) is 3.16. The molecule has 0 aromatic heterocycles. The van der Waals surface area contributed by atoms with E-state index in [0.29, 0.717) is 0 Å². The summed E-state index contributed by atoms with van der Waals surface area (Å²) in [6.07, 6.45) is 11.7. The molecule has 1 radical (unpaired) electrons. The number of hydrogen-bond acceptors (Lipinski definition) is 0. The Kier molecular flexibility index (Phi) is 8.55. The molecule has 2 rings (SSSR count). The number of benzene rings is 2. The zero-order valence-electron chi connectivity index (χ0n) is 14.6. The lowest BCUT2D eigenvalue weighted by Crippen LogP contribution is -2.01. The van der Waals surface area contributed by atoms with Crippen molar-refractivity contribution < 1.29 is 0 Å². The van der Waals surface area contributed by atoms with Crippen molar-refractivity contribution in [2.75, 3.05) is 0 Å². The van der Waals surface area contributed by atoms with Crippen molar-refractivity contribution in [3.63, 3.8) is 0 Å². The van der Waals surface area contributed by atoms with Crippen LogP contribution in [-0.4, -0.2) is 0 Å². The molecular formula is C23H31. The molecule has 0 atom stereocenters. The minimum atomic E-state index is 1.21. The van der Waals surface area contributed by atoms with Gasteiger partial charge in [-0.05, 0) is 36.8 Å². The molecule has 0 nitrogen and oxygen atoms in total. The Morgan fingerprint density at radius 2 is 1.26 bits per heavy atom. The molecule has 123 valence electrons. The van der Waals surface area contributed by atoms with E-state index in [0.717, 1.165) is 0 Å². The maximum atomic E-state index is 2.28. The Morgan fingerprint density at radius 3 is 1.91 bits per heavy atom. The van der Waals surface area contributed by atoms with E-state index < -0.39 is 0 Å². The molecule has 0 aliphatic heterocycles. The van der Waals surface area contributed by atoms with Gasteiger partial charge in [0.2, 0.25) is 0 Å². The van der Waals surface area contributed by atoms with Crippen LogP contribution in [0.15, 0.2) is 60.7 Å². The predicted molar refractivity (Wildman–Crippen MR) is 102 cm³/mol. The van der Waals surface area contributed by atoms with Crippen LogP contribution in [0.3, 0.4) is 0 Å². The molecule has 0 fully saturated rings. The van der Waals surface area contributed by atoms with Crippen LogP contribution in [0.2, 0.25) is 0 Å². The van der Waals surface area contributed by atoms with Gasteiger partial charge in [0.05, 0.1) is 0 Å². The standard InChI is InChI=1S/C23H31/c1-2-3-4-9-17-23(22-18-10-6-11-19-22)20-13-12-16-21-14-7-5-8-15-21/h5-8,10-11,14-15,18-19H,2-4,9,12-13,16-17,20H2,1H3. The summed E-state index contributed by atoms with van der Waals surface area (Å²) in [6.45, 7) is 2.28. The van der Waals surface area contributed by atoms with Crippen LogP contribution in [-0.2, 0) is 6.42 Å². The van der Waals surface area contributed by atoms with Crippen LogP contribution in [0.4, 0.5) is 0 Å². The molecule has 0 N–H and O–H groups in total. The van der Waals surface area contributed by atoms with E-state index in [9.17, 15) is 0 Å². The molecule has 23 heavy (non-hydrogen) atoms. The van der Waals surface area contributed by atoms with E-state index in [-0.39, 0.29) is 0 Å². The monoisotopic (exact) mass is 307 g/mol. The SMILES string of the molecule is CCCCCC[C](CCCCc1ccccc1)c1ccccc1. The van der Waals surface area contributed by atoms with Gasteiger partial charge < -0.3 is 0 Å². The van der Waals surface area contributed by atoms with E-state index in [1.807, 2.05) is 0 Å². The fraction of sp³-hybridized carbons (Fsp3) is 0.435. The lowest BCUT2D eigenvalue weighted by Gasteiger charge is -2.17. The maximum Gasteiger partial charge on any atom is 0.00498 e. The Bertz CT molecular complexity index is 500. The van der Waals surface area contributed by atoms with E-state index >= 15 is 0 Å². The van der Waals surface area contributed by atoms with E-state index in [4.69, 9.17) is 0 Å². The molecule has 0 aliphatic carbocycles. The van der Waals surface area contributed by atoms with Crippen LogP contribution >= 0.6 is 0 Å². The van der Waals surface area contributed by atoms with E-state index in [1.165, 1.54) is 68.9 Å². The third kappa shape index (κ3) is 7.03. The van der Waals surface area contributed by atoms with Gasteiger partial charge in [-0.1, -0.05) is 99.7 Å². The van der Waals surface area contributed by atoms with Crippen molar-refractivity contribution in [3.8, 4) is 0 Å². The Balaban J connectivity index is 1.77. The van der Waals surface area contributed by atoms with Crippen molar-refractivity contribution in [1.82, 2.24) is 0 Å². The normalized spacial score (nSPS) is 11.0. The molecule has 0 amide bonds. The van der Waals surface area contributed by atoms with Crippen molar-refractivity contribution in [1.29, 1.82) is 0 Å². The summed E-state index contributed by atoms with van der Waals surface area (Å²) in [5.74, 6) is 1.66. The Labute approximate surface area is 143 Å². The first kappa shape index (κ1) is 17.8. The van der Waals surface area contributed by atoms with Gasteiger partial charge in [0.1, 0.15) is 0 Å². The minimum absolute atomic E-state index is 1.21. The summed E-state index contributed by atoms with van der Waals surface area (Å²) in [6, 6.07) is 21.9. The van der Waals surface area contributed by atoms with Crippen LogP contribution in [0, 0.1) is 5.92 Å². The lowest BCUT2D eigenvalue weighted by molar-refractivity contribution is 0.604. The Hall–Kier alpha value is -1.56. The zero-order chi connectivity index (χ0) is 16.2. The van der Waals surface area contributed by atoms with Gasteiger partial charge in [0.15, 0.2) is 0 Å². The van der Waals surface area contributed by atoms with E-state index in [1.54, 1.807) is 5.92 Å². The third-order valence-electron chi connectivity index (χ3n) is 4.55. The van der Waals surface area contributed by atoms with Crippen molar-refractivity contribution in [2.45, 2.75) is 64.7 Å². The first-order valence-corrected chi connectivity index (χ1v) is 9.34. The molecule has 0 heterocycles. The van der Waals surface area contributed by atoms with Gasteiger partial charge in [-0.15, -0.1) is 0 Å². The first-order chi connectivity index (χ1) is 11.4. The number of rotatable bonds is 11. The molecule has 0 unspecified atom stereocenters. The van der Waals surface area contributed by atoms with Crippen LogP contribution in [0.25, 0.3) is 0 Å². The molecule has 0 heteroatoms. The molecule has 2 aromatic carbocycles. The maximum absolute atomic E-state index is 2.28. The van der Waals surface area contributed by atoms with Gasteiger partial charge in [0, 0.05) is 5.92 Å². The van der Waals surface area contributed by atoms with Crippen LogP contribution in [0.5, 0.6) is 0 Å². The zero-order valence-corrected chi connectivity index (χ0v) is 14.6. The summed E-state index contributed by atoms with van der Waals surface area (Å²) in [7, 11) is 0. The van der Waals surface area contributed by atoms with Gasteiger partial charge in [-0.25, -0.2) is 0 Å². The van der Waals surface area contributed by atoms with Crippen molar-refractivity contribution >= 4 is 0 Å². The second-order valence-electron chi connectivity index (χ2n) is 6.47. The van der Waals surface area contributed by atoms with Crippen LogP contribution < -0.4 is 0 Å². The molecule has 0 bridgehead atoms. The molecule has 0 saturated carbocycles. The number of hydrogen-bond donors (Lipinski definition) is 0. The highest BCUT2D eigenvalue weighted by molar-refractivity contribution is 5.30. The average molecular weight is 308 g/mol. The summed E-state index contributed by atoms with van der Waals surface area (Å²) >= 11 is 0. The highest BCUT2D eigenvalue weighted by atomic mass is 14.2. The predicted octanol–water partition coefficient (Wildman–Crippen LogP) is 6.99. The summed E-state index contributed by atoms with van der Waals surface area (Å²) in [4.78, 5) is 0. The highest BCUT2D eigenvalue weighted by Crippen LogP contribution is 2.27. The summed E-state index contributed by atoms with van der Waals surface area (Å²) in [5.41, 5.74) is 2.93. The highest BCUT2D eigenvalue weighted by Gasteiger charge is 2.11. The number of unbranched alkanes of at least 4 members (excludes halogenated alkanes) is 4. The third-order valence-corrected chi connectivity index (χ3v) is 4.55. The molecular weight excluding hydrogens is 276 g/mol. The second kappa shape index (κ2) is 11.0. The Morgan fingerprint density at radius 1 is 0.652 bits per heavy atom. The van der Waals surface area contributed by atoms with Crippen LogP contribution in [0.1, 0.15) is 69.4 Å². The largest absolute Gasteiger partial charge is 0.0654 e. The van der Waals surface area contributed by atoms with E-state index in [2.05, 4.69) is 67.6 Å². The summed E-state index contributed by atoms with van der Waals surface area (Å²) < 4.78 is 0. The quantitative estimate of drug-likeness (QED) is 0.392. The topological polar surface area (TPSA) is 0 Å². The molecule has 2 aromatic rings. The van der Waals surface area contributed by atoms with Gasteiger partial charge in [-0.2, -0.15) is 0 Å². The lowest BCUT2D eigenvalue weighted by atomic mass is 9.88. The van der Waals surface area contributed by atoms with Gasteiger partial charge in [-0.3, -0.25) is 0 Å². The van der Waals surface area contributed by atoms with Crippen molar-refractivity contribution in [2.24, 2.45) is 0 Å². The van der Waals surface area contributed by atoms with Gasteiger partial charge >= 0.3 is 0 Å². The minimum Gasteiger partial charge on any atom is -0.0654 e. The molecule has 0 spiro atoms. The summed E-state index contributed by atoms with van der Waals surface area (Å²) in [5, 5.41) is 0. The smallest absolute Gasteiger partial charge is 0.00498 e. The van der Waals surface area contributed by atoms with Crippen molar-refractivity contribution in [3.05, 3.63) is 77.7 Å². The average Bonchev–Trinajstić information content (AvgIpc) is 2.62. The van der Waals surface area contributed by atoms with Gasteiger partial charge in [0.25, 0.3) is 0 Å². The molecule has 0 aliphatic rings. The second-order valence-corrected chi connectivity index (χ2v) is 6.47. The first-order valence-electron chi connectivity index (χ1n) is 9.34. The molecule has 0 saturated heterocycles. The fourth-order valence-electron chi connectivity index (χ4n) is 3.16. The number of aryl methyl sites for hydroxylation is 1.